The first kappa shape index (κ1) is 11.9. The molecule has 0 aliphatic carbocycles. The molecule has 16 heavy (non-hydrogen) atoms. The van der Waals surface area contributed by atoms with Crippen LogP contribution in [0.3, 0.4) is 0 Å². The molecular formula is C12H22N2O2. The molecule has 0 aromatic rings. The third-order valence-corrected chi connectivity index (χ3v) is 3.58. The number of carbonyl (C=O) groups is 1. The fourth-order valence-electron chi connectivity index (χ4n) is 2.60. The molecule has 0 aromatic carbocycles. The van der Waals surface area contributed by atoms with Crippen LogP contribution >= 0.6 is 0 Å². The summed E-state index contributed by atoms with van der Waals surface area (Å²) in [6, 6.07) is 0.535. The molecule has 0 radical (unpaired) electrons. The molecule has 4 nitrogen and oxygen atoms in total. The first-order valence-corrected chi connectivity index (χ1v) is 6.26. The molecule has 2 aliphatic heterocycles. The van der Waals surface area contributed by atoms with E-state index in [-0.39, 0.29) is 5.91 Å². The van der Waals surface area contributed by atoms with E-state index in [0.717, 1.165) is 19.4 Å². The van der Waals surface area contributed by atoms with Gasteiger partial charge < -0.3 is 15.0 Å². The zero-order valence-corrected chi connectivity index (χ0v) is 10.2. The lowest BCUT2D eigenvalue weighted by atomic mass is 9.95. The van der Waals surface area contributed by atoms with E-state index in [1.165, 1.54) is 12.8 Å². The minimum atomic E-state index is 0.214. The van der Waals surface area contributed by atoms with Gasteiger partial charge in [-0.15, -0.1) is 0 Å². The monoisotopic (exact) mass is 226 g/mol. The molecule has 1 N–H and O–H groups in total. The number of amides is 1. The number of carbonyl (C=O) groups excluding carboxylic acids is 1. The SMILES string of the molecule is CN(C)C(=O)CCCNC1CC2CCC1O2. The standard InChI is InChI=1S/C12H22N2O2/c1-14(2)12(15)4-3-7-13-10-8-9-5-6-11(10)16-9/h9-11,13H,3-8H2,1-2H3. The van der Waals surface area contributed by atoms with Crippen molar-refractivity contribution in [3.05, 3.63) is 0 Å². The largest absolute Gasteiger partial charge is 0.373 e. The lowest BCUT2D eigenvalue weighted by Gasteiger charge is -2.20. The second-order valence-electron chi connectivity index (χ2n) is 5.06. The summed E-state index contributed by atoms with van der Waals surface area (Å²) < 4.78 is 5.76. The summed E-state index contributed by atoms with van der Waals surface area (Å²) in [6.45, 7) is 0.927. The number of nitrogens with one attached hydrogen (secondary N) is 1. The summed E-state index contributed by atoms with van der Waals surface area (Å²) in [6.07, 6.45) is 6.11. The summed E-state index contributed by atoms with van der Waals surface area (Å²) in [4.78, 5) is 13.0. The molecular weight excluding hydrogens is 204 g/mol. The molecule has 92 valence electrons. The molecule has 1 amide bonds. The number of rotatable bonds is 5. The second-order valence-corrected chi connectivity index (χ2v) is 5.06. The third-order valence-electron chi connectivity index (χ3n) is 3.58. The smallest absolute Gasteiger partial charge is 0.222 e. The lowest BCUT2D eigenvalue weighted by Crippen LogP contribution is -2.38. The normalized spacial score (nSPS) is 32.0. The van der Waals surface area contributed by atoms with Crippen LogP contribution in [0.25, 0.3) is 0 Å². The van der Waals surface area contributed by atoms with Crippen LogP contribution in [0.5, 0.6) is 0 Å². The number of hydrogen-bond acceptors (Lipinski definition) is 3. The maximum Gasteiger partial charge on any atom is 0.222 e. The maximum absolute atomic E-state index is 11.3. The molecule has 2 saturated heterocycles. The molecule has 2 rings (SSSR count). The predicted octanol–water partition coefficient (Wildman–Crippen LogP) is 0.764. The van der Waals surface area contributed by atoms with Gasteiger partial charge in [0.05, 0.1) is 12.2 Å². The van der Waals surface area contributed by atoms with E-state index in [0.29, 0.717) is 24.7 Å². The van der Waals surface area contributed by atoms with Crippen molar-refractivity contribution < 1.29 is 9.53 Å². The van der Waals surface area contributed by atoms with Gasteiger partial charge in [-0.2, -0.15) is 0 Å². The van der Waals surface area contributed by atoms with Gasteiger partial charge in [-0.05, 0) is 32.2 Å². The summed E-state index contributed by atoms with van der Waals surface area (Å²) in [5, 5.41) is 3.51. The molecule has 4 heteroatoms. The summed E-state index contributed by atoms with van der Waals surface area (Å²) in [5.74, 6) is 0.214. The fraction of sp³-hybridized carbons (Fsp3) is 0.917. The van der Waals surface area contributed by atoms with E-state index >= 15 is 0 Å². The Balaban J connectivity index is 1.57. The van der Waals surface area contributed by atoms with E-state index in [1.807, 2.05) is 0 Å². The molecule has 2 aliphatic rings. The highest BCUT2D eigenvalue weighted by Gasteiger charge is 2.40. The summed E-state index contributed by atoms with van der Waals surface area (Å²) >= 11 is 0. The average Bonchev–Trinajstić information content (AvgIpc) is 2.85. The maximum atomic E-state index is 11.3. The van der Waals surface area contributed by atoms with Crippen molar-refractivity contribution in [3.63, 3.8) is 0 Å². The van der Waals surface area contributed by atoms with Gasteiger partial charge in [-0.1, -0.05) is 0 Å². The summed E-state index contributed by atoms with van der Waals surface area (Å²) in [7, 11) is 3.61. The van der Waals surface area contributed by atoms with Crippen molar-refractivity contribution in [2.75, 3.05) is 20.6 Å². The van der Waals surface area contributed by atoms with Crippen molar-refractivity contribution in [2.45, 2.75) is 50.4 Å². The highest BCUT2D eigenvalue weighted by molar-refractivity contribution is 5.75. The third kappa shape index (κ3) is 2.74. The number of hydrogen-bond donors (Lipinski definition) is 1. The van der Waals surface area contributed by atoms with E-state index < -0.39 is 0 Å². The van der Waals surface area contributed by atoms with Gasteiger partial charge in [0.15, 0.2) is 0 Å². The molecule has 0 aromatic heterocycles. The Morgan fingerprint density at radius 1 is 1.44 bits per heavy atom. The van der Waals surface area contributed by atoms with E-state index in [4.69, 9.17) is 4.74 Å². The van der Waals surface area contributed by atoms with Gasteiger partial charge in [0.1, 0.15) is 0 Å². The molecule has 2 bridgehead atoms. The highest BCUT2D eigenvalue weighted by atomic mass is 16.5. The van der Waals surface area contributed by atoms with Crippen molar-refractivity contribution in [1.82, 2.24) is 10.2 Å². The molecule has 2 fully saturated rings. The topological polar surface area (TPSA) is 41.6 Å². The van der Waals surface area contributed by atoms with E-state index in [2.05, 4.69) is 5.32 Å². The van der Waals surface area contributed by atoms with Crippen molar-refractivity contribution in [1.29, 1.82) is 0 Å². The average molecular weight is 226 g/mol. The van der Waals surface area contributed by atoms with Crippen LogP contribution in [0.2, 0.25) is 0 Å². The Kier molecular flexibility index (Phi) is 3.82. The van der Waals surface area contributed by atoms with Crippen molar-refractivity contribution in [3.8, 4) is 0 Å². The Hall–Kier alpha value is -0.610. The van der Waals surface area contributed by atoms with Crippen LogP contribution in [0.4, 0.5) is 0 Å². The van der Waals surface area contributed by atoms with Crippen LogP contribution in [0, 0.1) is 0 Å². The van der Waals surface area contributed by atoms with Crippen LogP contribution in [-0.2, 0) is 9.53 Å². The predicted molar refractivity (Wildman–Crippen MR) is 62.2 cm³/mol. The number of ether oxygens (including phenoxy) is 1. The van der Waals surface area contributed by atoms with E-state index in [9.17, 15) is 4.79 Å². The molecule has 0 spiro atoms. The number of nitrogens with zero attached hydrogens (tertiary/aromatic N) is 1. The molecule has 2 heterocycles. The minimum absolute atomic E-state index is 0.214. The van der Waals surface area contributed by atoms with Gasteiger partial charge >= 0.3 is 0 Å². The molecule has 0 saturated carbocycles. The van der Waals surface area contributed by atoms with Crippen molar-refractivity contribution >= 4 is 5.91 Å². The zero-order chi connectivity index (χ0) is 11.5. The minimum Gasteiger partial charge on any atom is -0.373 e. The van der Waals surface area contributed by atoms with Crippen molar-refractivity contribution in [2.24, 2.45) is 0 Å². The second kappa shape index (κ2) is 5.15. The first-order chi connectivity index (χ1) is 7.66. The van der Waals surface area contributed by atoms with Crippen LogP contribution in [-0.4, -0.2) is 49.7 Å². The van der Waals surface area contributed by atoms with E-state index in [1.54, 1.807) is 19.0 Å². The van der Waals surface area contributed by atoms with Gasteiger partial charge in [0.2, 0.25) is 5.91 Å². The Labute approximate surface area is 97.3 Å². The molecule has 3 unspecified atom stereocenters. The summed E-state index contributed by atoms with van der Waals surface area (Å²) in [5.41, 5.74) is 0. The van der Waals surface area contributed by atoms with Gasteiger partial charge in [0, 0.05) is 26.6 Å². The van der Waals surface area contributed by atoms with Gasteiger partial charge in [0.25, 0.3) is 0 Å². The van der Waals surface area contributed by atoms with Gasteiger partial charge in [-0.3, -0.25) is 4.79 Å². The van der Waals surface area contributed by atoms with Crippen LogP contribution in [0.1, 0.15) is 32.1 Å². The van der Waals surface area contributed by atoms with Crippen LogP contribution < -0.4 is 5.32 Å². The van der Waals surface area contributed by atoms with Gasteiger partial charge in [-0.25, -0.2) is 0 Å². The lowest BCUT2D eigenvalue weighted by molar-refractivity contribution is -0.128. The Bertz CT molecular complexity index is 255. The highest BCUT2D eigenvalue weighted by Crippen LogP contribution is 2.34. The molecule has 3 atom stereocenters. The number of fused-ring (bicyclic) bond motifs is 2. The Morgan fingerprint density at radius 2 is 2.25 bits per heavy atom. The van der Waals surface area contributed by atoms with Crippen LogP contribution in [0.15, 0.2) is 0 Å². The first-order valence-electron chi connectivity index (χ1n) is 6.26. The quantitative estimate of drug-likeness (QED) is 0.704. The Morgan fingerprint density at radius 3 is 2.81 bits per heavy atom. The fourth-order valence-corrected chi connectivity index (χ4v) is 2.60. The zero-order valence-electron chi connectivity index (χ0n) is 10.2.